The second-order valence-corrected chi connectivity index (χ2v) is 5.33. The van der Waals surface area contributed by atoms with Gasteiger partial charge in [-0.25, -0.2) is 9.18 Å². The minimum atomic E-state index is -6.95. The Morgan fingerprint density at radius 2 is 1.54 bits per heavy atom. The number of carbonyl (C=O) groups is 1. The van der Waals surface area contributed by atoms with Crippen LogP contribution in [0.3, 0.4) is 0 Å². The second-order valence-electron chi connectivity index (χ2n) is 5.33. The van der Waals surface area contributed by atoms with E-state index in [-0.39, 0.29) is 5.57 Å². The summed E-state index contributed by atoms with van der Waals surface area (Å²) in [5.41, 5.74) is -0.0753. The lowest BCUT2D eigenvalue weighted by atomic mass is 10.3. The SMILES string of the molecule is C=C(C)C(=O)OCC(O)COCC(F)(F)C(F)OC(F)(F)C(F)(F)C(F)(F)F. The van der Waals surface area contributed by atoms with Crippen LogP contribution in [0.1, 0.15) is 6.92 Å². The van der Waals surface area contributed by atoms with E-state index in [1.54, 1.807) is 0 Å². The molecule has 0 aromatic heterocycles. The number of halogens is 10. The van der Waals surface area contributed by atoms with Gasteiger partial charge in [0.15, 0.2) is 0 Å². The second kappa shape index (κ2) is 9.26. The first-order valence-electron chi connectivity index (χ1n) is 6.95. The Labute approximate surface area is 150 Å². The van der Waals surface area contributed by atoms with Gasteiger partial charge in [-0.1, -0.05) is 6.58 Å². The summed E-state index contributed by atoms with van der Waals surface area (Å²) in [6.45, 7) is 0.419. The molecule has 0 aliphatic carbocycles. The van der Waals surface area contributed by atoms with Crippen molar-refractivity contribution in [1.82, 2.24) is 0 Å². The van der Waals surface area contributed by atoms with E-state index in [1.807, 2.05) is 0 Å². The van der Waals surface area contributed by atoms with E-state index in [9.17, 15) is 53.8 Å². The molecular weight excluding hydrogens is 426 g/mol. The molecule has 0 heterocycles. The van der Waals surface area contributed by atoms with Gasteiger partial charge in [0.1, 0.15) is 19.3 Å². The van der Waals surface area contributed by atoms with Gasteiger partial charge in [0, 0.05) is 5.57 Å². The normalized spacial score (nSPS) is 15.9. The van der Waals surface area contributed by atoms with Crippen molar-refractivity contribution in [2.24, 2.45) is 0 Å². The summed E-state index contributed by atoms with van der Waals surface area (Å²) in [7, 11) is 0. The number of ether oxygens (including phenoxy) is 3. The van der Waals surface area contributed by atoms with Crippen molar-refractivity contribution >= 4 is 5.97 Å². The highest BCUT2D eigenvalue weighted by molar-refractivity contribution is 5.86. The van der Waals surface area contributed by atoms with Crippen LogP contribution < -0.4 is 0 Å². The van der Waals surface area contributed by atoms with Crippen LogP contribution >= 0.6 is 0 Å². The van der Waals surface area contributed by atoms with Gasteiger partial charge in [-0.3, -0.25) is 4.74 Å². The van der Waals surface area contributed by atoms with Gasteiger partial charge in [-0.05, 0) is 6.92 Å². The molecule has 0 rings (SSSR count). The minimum Gasteiger partial charge on any atom is -0.460 e. The molecular formula is C13H14F10O5. The molecule has 0 saturated carbocycles. The lowest BCUT2D eigenvalue weighted by Gasteiger charge is -2.30. The fourth-order valence-electron chi connectivity index (χ4n) is 1.19. The van der Waals surface area contributed by atoms with Crippen molar-refractivity contribution in [3.63, 3.8) is 0 Å². The van der Waals surface area contributed by atoms with Crippen LogP contribution in [-0.4, -0.2) is 67.5 Å². The van der Waals surface area contributed by atoms with Gasteiger partial charge in [0.2, 0.25) is 0 Å². The summed E-state index contributed by atoms with van der Waals surface area (Å²) < 4.78 is 136. The Kier molecular flexibility index (Phi) is 8.73. The third-order valence-electron chi connectivity index (χ3n) is 2.67. The van der Waals surface area contributed by atoms with Gasteiger partial charge in [0.25, 0.3) is 6.36 Å². The van der Waals surface area contributed by atoms with E-state index < -0.39 is 62.4 Å². The molecule has 15 heteroatoms. The number of esters is 1. The van der Waals surface area contributed by atoms with E-state index in [4.69, 9.17) is 0 Å². The standard InChI is InChI=1S/C13H14F10O5/c1-6(2)8(25)27-4-7(24)3-26-5-10(15,16)9(14)28-13(22,23)11(17,18)12(19,20)21/h7,9,24H,1,3-5H2,2H3. The zero-order chi connectivity index (χ0) is 22.6. The summed E-state index contributed by atoms with van der Waals surface area (Å²) >= 11 is 0. The van der Waals surface area contributed by atoms with Gasteiger partial charge in [-0.15, -0.1) is 0 Å². The Morgan fingerprint density at radius 1 is 1.04 bits per heavy atom. The fourth-order valence-corrected chi connectivity index (χ4v) is 1.19. The van der Waals surface area contributed by atoms with Crippen LogP contribution in [0.2, 0.25) is 0 Å². The van der Waals surface area contributed by atoms with Gasteiger partial charge in [-0.2, -0.15) is 39.5 Å². The van der Waals surface area contributed by atoms with Crippen molar-refractivity contribution in [2.75, 3.05) is 19.8 Å². The molecule has 0 saturated heterocycles. The van der Waals surface area contributed by atoms with Gasteiger partial charge in [0.05, 0.1) is 6.61 Å². The summed E-state index contributed by atoms with van der Waals surface area (Å²) in [6.07, 6.45) is -19.9. The molecule has 0 aromatic carbocycles. The predicted octanol–water partition coefficient (Wildman–Crippen LogP) is 3.22. The highest BCUT2D eigenvalue weighted by Crippen LogP contribution is 2.48. The van der Waals surface area contributed by atoms with Crippen molar-refractivity contribution < 1.29 is 68.0 Å². The van der Waals surface area contributed by atoms with Crippen molar-refractivity contribution in [3.05, 3.63) is 12.2 Å². The quantitative estimate of drug-likeness (QED) is 0.304. The smallest absolute Gasteiger partial charge is 0.460 e. The summed E-state index contributed by atoms with van der Waals surface area (Å²) in [5.74, 6) is -13.0. The first kappa shape index (κ1) is 26.4. The van der Waals surface area contributed by atoms with Crippen LogP contribution in [0.15, 0.2) is 12.2 Å². The maximum Gasteiger partial charge on any atom is 0.462 e. The monoisotopic (exact) mass is 440 g/mol. The van der Waals surface area contributed by atoms with Gasteiger partial charge >= 0.3 is 30.1 Å². The fraction of sp³-hybridized carbons (Fsp3) is 0.769. The summed E-state index contributed by atoms with van der Waals surface area (Å²) in [6, 6.07) is 0. The van der Waals surface area contributed by atoms with E-state index in [2.05, 4.69) is 20.8 Å². The molecule has 0 aliphatic rings. The third-order valence-corrected chi connectivity index (χ3v) is 2.67. The average Bonchev–Trinajstić information content (AvgIpc) is 2.50. The number of hydrogen-bond acceptors (Lipinski definition) is 5. The number of carbonyl (C=O) groups excluding carboxylic acids is 1. The molecule has 28 heavy (non-hydrogen) atoms. The summed E-state index contributed by atoms with van der Waals surface area (Å²) in [5, 5.41) is 9.25. The Bertz CT molecular complexity index is 548. The Balaban J connectivity index is 4.69. The van der Waals surface area contributed by atoms with Crippen LogP contribution in [0, 0.1) is 0 Å². The van der Waals surface area contributed by atoms with Crippen molar-refractivity contribution in [3.8, 4) is 0 Å². The zero-order valence-electron chi connectivity index (χ0n) is 13.8. The maximum absolute atomic E-state index is 13.2. The van der Waals surface area contributed by atoms with Crippen molar-refractivity contribution in [1.29, 1.82) is 0 Å². The molecule has 0 aliphatic heterocycles. The highest BCUT2D eigenvalue weighted by Gasteiger charge is 2.75. The third kappa shape index (κ3) is 7.09. The van der Waals surface area contributed by atoms with Crippen LogP contribution in [0.5, 0.6) is 0 Å². The number of aliphatic hydroxyl groups is 1. The number of alkyl halides is 10. The molecule has 0 amide bonds. The number of hydrogen-bond donors (Lipinski definition) is 1. The molecule has 2 unspecified atom stereocenters. The number of rotatable bonds is 11. The molecule has 0 radical (unpaired) electrons. The first-order chi connectivity index (χ1) is 12.3. The Hall–Kier alpha value is -1.61. The molecule has 2 atom stereocenters. The molecule has 5 nitrogen and oxygen atoms in total. The molecule has 1 N–H and O–H groups in total. The molecule has 0 spiro atoms. The molecule has 0 bridgehead atoms. The zero-order valence-corrected chi connectivity index (χ0v) is 13.8. The van der Waals surface area contributed by atoms with Crippen LogP contribution in [0.25, 0.3) is 0 Å². The largest absolute Gasteiger partial charge is 0.462 e. The average molecular weight is 440 g/mol. The van der Waals surface area contributed by atoms with Crippen LogP contribution in [-0.2, 0) is 19.0 Å². The van der Waals surface area contributed by atoms with E-state index >= 15 is 0 Å². The lowest BCUT2D eigenvalue weighted by Crippen LogP contribution is -2.56. The summed E-state index contributed by atoms with van der Waals surface area (Å²) in [4.78, 5) is 11.0. The molecule has 0 aromatic rings. The maximum atomic E-state index is 13.2. The van der Waals surface area contributed by atoms with Gasteiger partial charge < -0.3 is 14.6 Å². The van der Waals surface area contributed by atoms with E-state index in [0.717, 1.165) is 0 Å². The van der Waals surface area contributed by atoms with E-state index in [0.29, 0.717) is 0 Å². The van der Waals surface area contributed by atoms with Crippen molar-refractivity contribution in [2.45, 2.75) is 43.5 Å². The number of aliphatic hydroxyl groups excluding tert-OH is 1. The molecule has 166 valence electrons. The highest BCUT2D eigenvalue weighted by atomic mass is 19.4. The minimum absolute atomic E-state index is 0.0753. The molecule has 0 fully saturated rings. The Morgan fingerprint density at radius 3 is 1.96 bits per heavy atom. The lowest BCUT2D eigenvalue weighted by molar-refractivity contribution is -0.451. The van der Waals surface area contributed by atoms with E-state index in [1.165, 1.54) is 6.92 Å². The topological polar surface area (TPSA) is 65.0 Å². The van der Waals surface area contributed by atoms with Crippen LogP contribution in [0.4, 0.5) is 43.9 Å². The predicted molar refractivity (Wildman–Crippen MR) is 69.5 cm³/mol. The first-order valence-corrected chi connectivity index (χ1v) is 6.95.